The van der Waals surface area contributed by atoms with E-state index in [1.807, 2.05) is 67.8 Å². The van der Waals surface area contributed by atoms with Crippen LogP contribution in [0.2, 0.25) is 0 Å². The molecule has 1 aromatic heterocycles. The van der Waals surface area contributed by atoms with Crippen LogP contribution in [0.3, 0.4) is 0 Å². The fourth-order valence-corrected chi connectivity index (χ4v) is 5.64. The van der Waals surface area contributed by atoms with Crippen molar-refractivity contribution < 1.29 is 14.7 Å². The minimum Gasteiger partial charge on any atom is -0.507 e. The third kappa shape index (κ3) is 3.37. The molecule has 1 aliphatic heterocycles. The lowest BCUT2D eigenvalue weighted by molar-refractivity contribution is -0.132. The number of Topliss-reactive ketones (excluding diaryl/α,β-unsaturated/α-hetero) is 1. The second kappa shape index (κ2) is 8.06. The van der Waals surface area contributed by atoms with Gasteiger partial charge in [0.15, 0.2) is 0 Å². The standard InChI is InChI=1S/C27H25NO3S/c1-16-9-10-17(2)21(14-16)28-24(22-8-5-13-32-22)23(26(30)27(28)31)25(29)20-12-11-18-6-3-4-7-19(18)15-20/h5,8-15,24,29H,3-4,6-7H2,1-2H3/b25-23-. The van der Waals surface area contributed by atoms with Gasteiger partial charge in [-0.25, -0.2) is 0 Å². The van der Waals surface area contributed by atoms with Crippen LogP contribution in [0, 0.1) is 13.8 Å². The Bertz CT molecular complexity index is 1260. The fourth-order valence-electron chi connectivity index (χ4n) is 4.81. The van der Waals surface area contributed by atoms with Gasteiger partial charge in [-0.15, -0.1) is 11.3 Å². The number of anilines is 1. The van der Waals surface area contributed by atoms with Gasteiger partial charge >= 0.3 is 0 Å². The molecule has 1 atom stereocenters. The van der Waals surface area contributed by atoms with Crippen molar-refractivity contribution in [1.82, 2.24) is 0 Å². The first-order chi connectivity index (χ1) is 15.5. The van der Waals surface area contributed by atoms with Gasteiger partial charge < -0.3 is 5.11 Å². The van der Waals surface area contributed by atoms with E-state index < -0.39 is 17.7 Å². The molecule has 162 valence electrons. The fraction of sp³-hybridized carbons (Fsp3) is 0.259. The Labute approximate surface area is 191 Å². The Kier molecular flexibility index (Phi) is 5.22. The van der Waals surface area contributed by atoms with E-state index in [-0.39, 0.29) is 11.3 Å². The first kappa shape index (κ1) is 20.7. The van der Waals surface area contributed by atoms with Crippen LogP contribution < -0.4 is 4.90 Å². The SMILES string of the molecule is Cc1ccc(C)c(N2C(=O)C(=O)/C(=C(\O)c3ccc4c(c3)CCCC4)C2c2cccs2)c1. The number of benzene rings is 2. The van der Waals surface area contributed by atoms with E-state index in [0.29, 0.717) is 11.3 Å². The Balaban J connectivity index is 1.70. The molecule has 0 bridgehead atoms. The molecule has 1 N–H and O–H groups in total. The number of carbonyl (C=O) groups is 2. The number of aliphatic hydroxyl groups excluding tert-OH is 1. The minimum absolute atomic E-state index is 0.0945. The predicted octanol–water partition coefficient (Wildman–Crippen LogP) is 5.87. The molecule has 0 spiro atoms. The van der Waals surface area contributed by atoms with Crippen LogP contribution >= 0.6 is 11.3 Å². The summed E-state index contributed by atoms with van der Waals surface area (Å²) in [5, 5.41) is 13.3. The van der Waals surface area contributed by atoms with Crippen LogP contribution in [-0.4, -0.2) is 16.8 Å². The molecule has 0 radical (unpaired) electrons. The third-order valence-corrected chi connectivity index (χ3v) is 7.43. The maximum Gasteiger partial charge on any atom is 0.300 e. The number of aliphatic hydroxyl groups is 1. The summed E-state index contributed by atoms with van der Waals surface area (Å²) in [6, 6.07) is 15.0. The highest BCUT2D eigenvalue weighted by Gasteiger charge is 2.47. The number of fused-ring (bicyclic) bond motifs is 1. The summed E-state index contributed by atoms with van der Waals surface area (Å²) in [6.07, 6.45) is 4.32. The molecule has 1 fully saturated rings. The Hall–Kier alpha value is -3.18. The van der Waals surface area contributed by atoms with Crippen molar-refractivity contribution in [2.45, 2.75) is 45.6 Å². The number of amides is 1. The number of nitrogens with zero attached hydrogens (tertiary/aromatic N) is 1. The highest BCUT2D eigenvalue weighted by Crippen LogP contribution is 2.44. The number of hydrogen-bond donors (Lipinski definition) is 1. The van der Waals surface area contributed by atoms with Gasteiger partial charge in [-0.1, -0.05) is 30.3 Å². The molecule has 1 unspecified atom stereocenters. The maximum atomic E-state index is 13.3. The van der Waals surface area contributed by atoms with Gasteiger partial charge in [-0.05, 0) is 85.4 Å². The summed E-state index contributed by atoms with van der Waals surface area (Å²) >= 11 is 1.48. The van der Waals surface area contributed by atoms with Gasteiger partial charge in [-0.3, -0.25) is 14.5 Å². The normalized spacial score (nSPS) is 19.9. The summed E-state index contributed by atoms with van der Waals surface area (Å²) in [7, 11) is 0. The molecule has 4 nitrogen and oxygen atoms in total. The van der Waals surface area contributed by atoms with Gasteiger partial charge in [-0.2, -0.15) is 0 Å². The largest absolute Gasteiger partial charge is 0.507 e. The molecule has 5 rings (SSSR count). The van der Waals surface area contributed by atoms with E-state index in [1.165, 1.54) is 28.9 Å². The van der Waals surface area contributed by atoms with Crippen molar-refractivity contribution in [3.05, 3.63) is 92.2 Å². The summed E-state index contributed by atoms with van der Waals surface area (Å²) in [4.78, 5) is 29.0. The van der Waals surface area contributed by atoms with Crippen LogP contribution in [0.1, 0.15) is 51.6 Å². The monoisotopic (exact) mass is 443 g/mol. The zero-order chi connectivity index (χ0) is 22.4. The number of carbonyl (C=O) groups excluding carboxylic acids is 2. The van der Waals surface area contributed by atoms with Crippen LogP contribution in [0.15, 0.2) is 59.5 Å². The number of hydrogen-bond acceptors (Lipinski definition) is 4. The molecule has 2 aliphatic rings. The van der Waals surface area contributed by atoms with E-state index in [0.717, 1.165) is 35.3 Å². The lowest BCUT2D eigenvalue weighted by Gasteiger charge is -2.26. The highest BCUT2D eigenvalue weighted by molar-refractivity contribution is 7.10. The lowest BCUT2D eigenvalue weighted by atomic mass is 9.89. The molecule has 2 aromatic carbocycles. The van der Waals surface area contributed by atoms with E-state index in [4.69, 9.17) is 0 Å². The van der Waals surface area contributed by atoms with Gasteiger partial charge in [0.05, 0.1) is 5.57 Å². The van der Waals surface area contributed by atoms with Crippen molar-refractivity contribution >= 4 is 34.5 Å². The molecule has 1 saturated heterocycles. The summed E-state index contributed by atoms with van der Waals surface area (Å²) < 4.78 is 0. The minimum atomic E-state index is -0.647. The number of aryl methyl sites for hydroxylation is 4. The second-order valence-electron chi connectivity index (χ2n) is 8.67. The van der Waals surface area contributed by atoms with Gasteiger partial charge in [0, 0.05) is 16.1 Å². The molecule has 3 aromatic rings. The molecular formula is C27H25NO3S. The van der Waals surface area contributed by atoms with Crippen molar-refractivity contribution in [1.29, 1.82) is 0 Å². The third-order valence-electron chi connectivity index (χ3n) is 6.50. The van der Waals surface area contributed by atoms with Crippen molar-refractivity contribution in [3.8, 4) is 0 Å². The molecular weight excluding hydrogens is 418 g/mol. The van der Waals surface area contributed by atoms with Crippen molar-refractivity contribution in [2.24, 2.45) is 0 Å². The van der Waals surface area contributed by atoms with Gasteiger partial charge in [0.25, 0.3) is 11.7 Å². The number of ketones is 1. The second-order valence-corrected chi connectivity index (χ2v) is 9.64. The zero-order valence-corrected chi connectivity index (χ0v) is 19.0. The summed E-state index contributed by atoms with van der Waals surface area (Å²) in [5.41, 5.74) is 5.91. The molecule has 1 aliphatic carbocycles. The van der Waals surface area contributed by atoms with Crippen LogP contribution in [0.5, 0.6) is 0 Å². The van der Waals surface area contributed by atoms with Gasteiger partial charge in [0.1, 0.15) is 11.8 Å². The van der Waals surface area contributed by atoms with Gasteiger partial charge in [0.2, 0.25) is 0 Å². The first-order valence-electron chi connectivity index (χ1n) is 11.0. The van der Waals surface area contributed by atoms with Crippen LogP contribution in [0.4, 0.5) is 5.69 Å². The average molecular weight is 444 g/mol. The summed E-state index contributed by atoms with van der Waals surface area (Å²) in [6.45, 7) is 3.90. The smallest absolute Gasteiger partial charge is 0.300 e. The Morgan fingerprint density at radius 3 is 2.53 bits per heavy atom. The van der Waals surface area contributed by atoms with Crippen LogP contribution in [-0.2, 0) is 22.4 Å². The maximum absolute atomic E-state index is 13.3. The lowest BCUT2D eigenvalue weighted by Crippen LogP contribution is -2.29. The molecule has 5 heteroatoms. The van der Waals surface area contributed by atoms with Crippen molar-refractivity contribution in [3.63, 3.8) is 0 Å². The van der Waals surface area contributed by atoms with Crippen LogP contribution in [0.25, 0.3) is 5.76 Å². The van der Waals surface area contributed by atoms with E-state index in [1.54, 1.807) is 4.90 Å². The molecule has 2 heterocycles. The topological polar surface area (TPSA) is 57.6 Å². The number of rotatable bonds is 3. The Morgan fingerprint density at radius 2 is 1.78 bits per heavy atom. The van der Waals surface area contributed by atoms with E-state index in [9.17, 15) is 14.7 Å². The highest BCUT2D eigenvalue weighted by atomic mass is 32.1. The Morgan fingerprint density at radius 1 is 1.00 bits per heavy atom. The molecule has 1 amide bonds. The van der Waals surface area contributed by atoms with E-state index >= 15 is 0 Å². The summed E-state index contributed by atoms with van der Waals surface area (Å²) in [5.74, 6) is -1.33. The van der Waals surface area contributed by atoms with Crippen molar-refractivity contribution in [2.75, 3.05) is 4.90 Å². The predicted molar refractivity (Wildman–Crippen MR) is 128 cm³/mol. The first-order valence-corrected chi connectivity index (χ1v) is 11.9. The quantitative estimate of drug-likeness (QED) is 0.313. The average Bonchev–Trinajstić information content (AvgIpc) is 3.42. The zero-order valence-electron chi connectivity index (χ0n) is 18.2. The van der Waals surface area contributed by atoms with E-state index in [2.05, 4.69) is 0 Å². The molecule has 32 heavy (non-hydrogen) atoms. The number of thiophene rings is 1. The molecule has 0 saturated carbocycles.